The van der Waals surface area contributed by atoms with Crippen LogP contribution in [-0.4, -0.2) is 24.4 Å². The van der Waals surface area contributed by atoms with Gasteiger partial charge in [-0.05, 0) is 19.8 Å². The molecule has 0 spiro atoms. The van der Waals surface area contributed by atoms with Crippen LogP contribution in [0.1, 0.15) is 19.8 Å². The zero-order chi connectivity index (χ0) is 9.56. The van der Waals surface area contributed by atoms with Crippen LogP contribution in [0, 0.1) is 0 Å². The van der Waals surface area contributed by atoms with E-state index >= 15 is 0 Å². The van der Waals surface area contributed by atoms with Gasteiger partial charge in [-0.2, -0.15) is 0 Å². The van der Waals surface area contributed by atoms with E-state index in [1.807, 2.05) is 0 Å². The number of carbonyl (C=O) groups is 2. The van der Waals surface area contributed by atoms with Crippen molar-refractivity contribution in [3.8, 4) is 0 Å². The Morgan fingerprint density at radius 1 is 1.50 bits per heavy atom. The molecule has 0 saturated carbocycles. The summed E-state index contributed by atoms with van der Waals surface area (Å²) in [6.07, 6.45) is 1.25. The third-order valence-electron chi connectivity index (χ3n) is 1.51. The van der Waals surface area contributed by atoms with Crippen LogP contribution < -0.4 is 16.8 Å². The van der Waals surface area contributed by atoms with E-state index in [1.165, 1.54) is 6.92 Å². The molecule has 1 atom stereocenters. The lowest BCUT2D eigenvalue weighted by Crippen LogP contribution is -2.33. The molecule has 0 aromatic carbocycles. The number of amides is 2. The van der Waals surface area contributed by atoms with Gasteiger partial charge in [0.25, 0.3) is 0 Å². The monoisotopic (exact) mass is 173 g/mol. The lowest BCUT2D eigenvalue weighted by Gasteiger charge is -2.06. The van der Waals surface area contributed by atoms with E-state index in [2.05, 4.69) is 5.32 Å². The molecule has 12 heavy (non-hydrogen) atoms. The molecule has 5 N–H and O–H groups in total. The Labute approximate surface area is 71.5 Å². The number of rotatable bonds is 5. The number of primary amides is 1. The van der Waals surface area contributed by atoms with Gasteiger partial charge in [-0.25, -0.2) is 4.79 Å². The third-order valence-corrected chi connectivity index (χ3v) is 1.51. The SMILES string of the molecule is CC(=O)C(N)CCCNC(N)=O. The third kappa shape index (κ3) is 5.67. The number of nitrogens with two attached hydrogens (primary N) is 2. The Kier molecular flexibility index (Phi) is 5.03. The van der Waals surface area contributed by atoms with Crippen LogP contribution in [-0.2, 0) is 4.79 Å². The van der Waals surface area contributed by atoms with Crippen molar-refractivity contribution in [3.05, 3.63) is 0 Å². The van der Waals surface area contributed by atoms with E-state index < -0.39 is 12.1 Å². The molecule has 0 saturated heterocycles. The van der Waals surface area contributed by atoms with Crippen LogP contribution in [0.5, 0.6) is 0 Å². The van der Waals surface area contributed by atoms with E-state index in [1.54, 1.807) is 0 Å². The first-order chi connectivity index (χ1) is 5.54. The second kappa shape index (κ2) is 5.54. The molecule has 0 aromatic rings. The highest BCUT2D eigenvalue weighted by Crippen LogP contribution is 1.93. The Balaban J connectivity index is 3.31. The summed E-state index contributed by atoms with van der Waals surface area (Å²) < 4.78 is 0. The average molecular weight is 173 g/mol. The second-order valence-electron chi connectivity index (χ2n) is 2.65. The number of Topliss-reactive ketones (excluding diaryl/α,β-unsaturated/α-hetero) is 1. The summed E-state index contributed by atoms with van der Waals surface area (Å²) in [6, 6.07) is -0.967. The number of carbonyl (C=O) groups excluding carboxylic acids is 2. The van der Waals surface area contributed by atoms with Gasteiger partial charge in [0.15, 0.2) is 0 Å². The van der Waals surface area contributed by atoms with Crippen molar-refractivity contribution in [2.24, 2.45) is 11.5 Å². The highest BCUT2D eigenvalue weighted by atomic mass is 16.2. The predicted molar refractivity (Wildman–Crippen MR) is 45.5 cm³/mol. The molecular weight excluding hydrogens is 158 g/mol. The summed E-state index contributed by atoms with van der Waals surface area (Å²) in [5, 5.41) is 2.41. The normalized spacial score (nSPS) is 12.2. The molecule has 0 rings (SSSR count). The number of urea groups is 1. The average Bonchev–Trinajstić information content (AvgIpc) is 1.97. The lowest BCUT2D eigenvalue weighted by atomic mass is 10.1. The van der Waals surface area contributed by atoms with E-state index in [-0.39, 0.29) is 5.78 Å². The molecule has 0 aromatic heterocycles. The first-order valence-corrected chi connectivity index (χ1v) is 3.83. The summed E-state index contributed by atoms with van der Waals surface area (Å²) in [5.74, 6) is -0.0333. The van der Waals surface area contributed by atoms with Crippen molar-refractivity contribution in [2.75, 3.05) is 6.54 Å². The largest absolute Gasteiger partial charge is 0.352 e. The van der Waals surface area contributed by atoms with Gasteiger partial charge >= 0.3 is 6.03 Å². The van der Waals surface area contributed by atoms with Crippen molar-refractivity contribution in [2.45, 2.75) is 25.8 Å². The van der Waals surface area contributed by atoms with Crippen LogP contribution >= 0.6 is 0 Å². The quantitative estimate of drug-likeness (QED) is 0.482. The molecule has 0 heterocycles. The molecule has 0 bridgehead atoms. The van der Waals surface area contributed by atoms with E-state index in [4.69, 9.17) is 11.5 Å². The summed E-state index contributed by atoms with van der Waals surface area (Å²) >= 11 is 0. The highest BCUT2D eigenvalue weighted by Gasteiger charge is 2.06. The maximum absolute atomic E-state index is 10.6. The zero-order valence-corrected chi connectivity index (χ0v) is 7.17. The molecular formula is C7H15N3O2. The number of hydrogen-bond donors (Lipinski definition) is 3. The maximum Gasteiger partial charge on any atom is 0.312 e. The van der Waals surface area contributed by atoms with Crippen LogP contribution in [0.3, 0.4) is 0 Å². The number of ketones is 1. The van der Waals surface area contributed by atoms with Gasteiger partial charge in [0.2, 0.25) is 0 Å². The van der Waals surface area contributed by atoms with Crippen LogP contribution in [0.4, 0.5) is 4.79 Å². The molecule has 0 radical (unpaired) electrons. The van der Waals surface area contributed by atoms with Crippen molar-refractivity contribution in [3.63, 3.8) is 0 Å². The van der Waals surface area contributed by atoms with Crippen molar-refractivity contribution in [1.29, 1.82) is 0 Å². The van der Waals surface area contributed by atoms with Gasteiger partial charge in [-0.15, -0.1) is 0 Å². The van der Waals surface area contributed by atoms with Gasteiger partial charge in [0, 0.05) is 6.54 Å². The number of hydrogen-bond acceptors (Lipinski definition) is 3. The Morgan fingerprint density at radius 2 is 2.08 bits per heavy atom. The maximum atomic E-state index is 10.6. The summed E-state index contributed by atoms with van der Waals surface area (Å²) in [6.45, 7) is 1.92. The molecule has 0 aliphatic carbocycles. The van der Waals surface area contributed by atoms with Crippen molar-refractivity contribution < 1.29 is 9.59 Å². The van der Waals surface area contributed by atoms with Gasteiger partial charge < -0.3 is 16.8 Å². The minimum atomic E-state index is -0.550. The smallest absolute Gasteiger partial charge is 0.312 e. The molecule has 1 unspecified atom stereocenters. The van der Waals surface area contributed by atoms with Gasteiger partial charge in [0.05, 0.1) is 6.04 Å². The van der Waals surface area contributed by atoms with Gasteiger partial charge in [-0.1, -0.05) is 0 Å². The lowest BCUT2D eigenvalue weighted by molar-refractivity contribution is -0.118. The molecule has 5 heteroatoms. The molecule has 5 nitrogen and oxygen atoms in total. The predicted octanol–water partition coefficient (Wildman–Crippen LogP) is -0.649. The van der Waals surface area contributed by atoms with Crippen molar-refractivity contribution in [1.82, 2.24) is 5.32 Å². The Bertz CT molecular complexity index is 170. The summed E-state index contributed by atoms with van der Waals surface area (Å²) in [4.78, 5) is 20.8. The minimum absolute atomic E-state index is 0.0333. The first kappa shape index (κ1) is 10.9. The first-order valence-electron chi connectivity index (χ1n) is 3.83. The van der Waals surface area contributed by atoms with E-state index in [9.17, 15) is 9.59 Å². The van der Waals surface area contributed by atoms with Crippen molar-refractivity contribution >= 4 is 11.8 Å². The topological polar surface area (TPSA) is 98.2 Å². The van der Waals surface area contributed by atoms with Crippen LogP contribution in [0.2, 0.25) is 0 Å². The molecule has 0 aliphatic rings. The van der Waals surface area contributed by atoms with Crippen LogP contribution in [0.25, 0.3) is 0 Å². The van der Waals surface area contributed by atoms with E-state index in [0.717, 1.165) is 0 Å². The van der Waals surface area contributed by atoms with Gasteiger partial charge in [-0.3, -0.25) is 4.79 Å². The highest BCUT2D eigenvalue weighted by molar-refractivity contribution is 5.81. The summed E-state index contributed by atoms with van der Waals surface area (Å²) in [5.41, 5.74) is 10.3. The fourth-order valence-electron chi connectivity index (χ4n) is 0.737. The zero-order valence-electron chi connectivity index (χ0n) is 7.17. The Morgan fingerprint density at radius 3 is 2.50 bits per heavy atom. The van der Waals surface area contributed by atoms with E-state index in [0.29, 0.717) is 19.4 Å². The molecule has 0 aliphatic heterocycles. The van der Waals surface area contributed by atoms with Crippen LogP contribution in [0.15, 0.2) is 0 Å². The second-order valence-corrected chi connectivity index (χ2v) is 2.65. The molecule has 70 valence electrons. The summed E-state index contributed by atoms with van der Waals surface area (Å²) in [7, 11) is 0. The molecule has 2 amide bonds. The number of nitrogens with one attached hydrogen (secondary N) is 1. The Hall–Kier alpha value is -1.10. The minimum Gasteiger partial charge on any atom is -0.352 e. The van der Waals surface area contributed by atoms with Gasteiger partial charge in [0.1, 0.15) is 5.78 Å². The molecule has 0 fully saturated rings. The fraction of sp³-hybridized carbons (Fsp3) is 0.714. The standard InChI is InChI=1S/C7H15N3O2/c1-5(11)6(8)3-2-4-10-7(9)12/h6H,2-4,8H2,1H3,(H3,9,10,12). The fourth-order valence-corrected chi connectivity index (χ4v) is 0.737.